The Labute approximate surface area is 147 Å². The molecule has 0 spiro atoms. The minimum atomic E-state index is -4.63. The molecular formula is C18H17F3N2O3. The Kier molecular flexibility index (Phi) is 5.01. The van der Waals surface area contributed by atoms with E-state index in [-0.39, 0.29) is 31.0 Å². The maximum absolute atomic E-state index is 13.4. The Balaban J connectivity index is 1.67. The van der Waals surface area contributed by atoms with E-state index in [1.165, 1.54) is 35.4 Å². The lowest BCUT2D eigenvalue weighted by molar-refractivity contribution is -0.164. The van der Waals surface area contributed by atoms with Gasteiger partial charge in [0.1, 0.15) is 5.76 Å². The fourth-order valence-electron chi connectivity index (χ4n) is 2.95. The fraction of sp³-hybridized carbons (Fsp3) is 0.333. The molecule has 1 aromatic carbocycles. The Morgan fingerprint density at radius 3 is 2.58 bits per heavy atom. The maximum atomic E-state index is 13.4. The Hall–Kier alpha value is -2.77. The van der Waals surface area contributed by atoms with E-state index < -0.39 is 24.0 Å². The van der Waals surface area contributed by atoms with E-state index in [1.54, 1.807) is 18.2 Å². The number of benzene rings is 1. The van der Waals surface area contributed by atoms with E-state index in [4.69, 9.17) is 4.42 Å². The summed E-state index contributed by atoms with van der Waals surface area (Å²) in [6.45, 7) is 0.252. The van der Waals surface area contributed by atoms with Gasteiger partial charge in [0.05, 0.1) is 18.7 Å². The van der Waals surface area contributed by atoms with Crippen molar-refractivity contribution in [2.45, 2.75) is 25.2 Å². The molecule has 1 aliphatic rings. The highest BCUT2D eigenvalue weighted by molar-refractivity contribution is 5.89. The fourth-order valence-corrected chi connectivity index (χ4v) is 2.95. The van der Waals surface area contributed by atoms with Gasteiger partial charge in [0.15, 0.2) is 6.04 Å². The Bertz CT molecular complexity index is 760. The molecule has 2 amide bonds. The Morgan fingerprint density at radius 2 is 1.96 bits per heavy atom. The van der Waals surface area contributed by atoms with E-state index in [0.717, 1.165) is 0 Å². The van der Waals surface area contributed by atoms with Crippen molar-refractivity contribution in [3.8, 4) is 0 Å². The van der Waals surface area contributed by atoms with Crippen molar-refractivity contribution in [3.05, 3.63) is 60.1 Å². The minimum absolute atomic E-state index is 0.0508. The van der Waals surface area contributed by atoms with Crippen molar-refractivity contribution in [2.24, 2.45) is 5.92 Å². The topological polar surface area (TPSA) is 62.6 Å². The third kappa shape index (κ3) is 4.07. The van der Waals surface area contributed by atoms with Crippen LogP contribution in [-0.2, 0) is 16.1 Å². The number of carbonyl (C=O) groups is 2. The smallest absolute Gasteiger partial charge is 0.412 e. The van der Waals surface area contributed by atoms with Gasteiger partial charge >= 0.3 is 6.18 Å². The van der Waals surface area contributed by atoms with E-state index in [9.17, 15) is 22.8 Å². The highest BCUT2D eigenvalue weighted by atomic mass is 19.4. The number of halogens is 3. The summed E-state index contributed by atoms with van der Waals surface area (Å²) in [5.41, 5.74) is -0.0508. The van der Waals surface area contributed by atoms with Gasteiger partial charge in [-0.2, -0.15) is 13.2 Å². The van der Waals surface area contributed by atoms with Crippen molar-refractivity contribution in [1.29, 1.82) is 0 Å². The van der Waals surface area contributed by atoms with Crippen LogP contribution in [0.3, 0.4) is 0 Å². The van der Waals surface area contributed by atoms with Crippen molar-refractivity contribution in [1.82, 2.24) is 10.2 Å². The van der Waals surface area contributed by atoms with Gasteiger partial charge in [-0.3, -0.25) is 9.59 Å². The van der Waals surface area contributed by atoms with Gasteiger partial charge in [-0.15, -0.1) is 0 Å². The van der Waals surface area contributed by atoms with Gasteiger partial charge in [-0.05, 0) is 17.7 Å². The summed E-state index contributed by atoms with van der Waals surface area (Å²) in [5.74, 6) is -1.35. The van der Waals surface area contributed by atoms with Gasteiger partial charge in [-0.1, -0.05) is 30.3 Å². The lowest BCUT2D eigenvalue weighted by Gasteiger charge is -2.23. The van der Waals surface area contributed by atoms with Gasteiger partial charge in [0, 0.05) is 13.0 Å². The second kappa shape index (κ2) is 7.23. The quantitative estimate of drug-likeness (QED) is 0.885. The molecule has 0 bridgehead atoms. The van der Waals surface area contributed by atoms with Crippen LogP contribution in [0.15, 0.2) is 53.1 Å². The van der Waals surface area contributed by atoms with Gasteiger partial charge in [0.25, 0.3) is 0 Å². The summed E-state index contributed by atoms with van der Waals surface area (Å²) in [7, 11) is 0. The van der Waals surface area contributed by atoms with Crippen molar-refractivity contribution < 1.29 is 27.2 Å². The number of amides is 2. The molecule has 1 aromatic heterocycles. The van der Waals surface area contributed by atoms with Gasteiger partial charge in [-0.25, -0.2) is 0 Å². The first-order valence-electron chi connectivity index (χ1n) is 8.07. The molecule has 138 valence electrons. The number of nitrogens with zero attached hydrogens (tertiary/aromatic N) is 1. The normalized spacial score (nSPS) is 18.8. The summed E-state index contributed by atoms with van der Waals surface area (Å²) in [5, 5.41) is 2.05. The first kappa shape index (κ1) is 18.0. The molecule has 8 heteroatoms. The van der Waals surface area contributed by atoms with Crippen LogP contribution in [0.2, 0.25) is 0 Å². The molecule has 2 aromatic rings. The standard InChI is InChI=1S/C18H17F3N2O3/c19-18(20,21)16(12-5-2-1-3-6-12)22-17(25)13-9-15(24)23(10-13)11-14-7-4-8-26-14/h1-8,13,16H,9-11H2,(H,22,25)/t13-,16+/m1/s1. The second-order valence-corrected chi connectivity index (χ2v) is 6.15. The summed E-state index contributed by atoms with van der Waals surface area (Å²) in [6, 6.07) is 8.42. The summed E-state index contributed by atoms with van der Waals surface area (Å²) in [4.78, 5) is 25.8. The maximum Gasteiger partial charge on any atom is 0.412 e. The van der Waals surface area contributed by atoms with Crippen LogP contribution in [0.5, 0.6) is 0 Å². The second-order valence-electron chi connectivity index (χ2n) is 6.15. The lowest BCUT2D eigenvalue weighted by atomic mass is 10.0. The number of hydrogen-bond acceptors (Lipinski definition) is 3. The first-order chi connectivity index (χ1) is 12.3. The monoisotopic (exact) mass is 366 g/mol. The van der Waals surface area contributed by atoms with Crippen LogP contribution in [0.1, 0.15) is 23.8 Å². The van der Waals surface area contributed by atoms with Crippen LogP contribution in [-0.4, -0.2) is 29.4 Å². The van der Waals surface area contributed by atoms with Crippen LogP contribution >= 0.6 is 0 Å². The number of nitrogens with one attached hydrogen (secondary N) is 1. The number of likely N-dealkylation sites (tertiary alicyclic amines) is 1. The lowest BCUT2D eigenvalue weighted by Crippen LogP contribution is -2.41. The number of furan rings is 1. The molecular weight excluding hydrogens is 349 g/mol. The largest absolute Gasteiger partial charge is 0.467 e. The molecule has 1 fully saturated rings. The minimum Gasteiger partial charge on any atom is -0.467 e. The van der Waals surface area contributed by atoms with E-state index in [1.807, 2.05) is 5.32 Å². The highest BCUT2D eigenvalue weighted by Gasteiger charge is 2.44. The zero-order valence-electron chi connectivity index (χ0n) is 13.7. The molecule has 1 aliphatic heterocycles. The third-order valence-electron chi connectivity index (χ3n) is 4.26. The molecule has 26 heavy (non-hydrogen) atoms. The first-order valence-corrected chi connectivity index (χ1v) is 8.07. The Morgan fingerprint density at radius 1 is 1.23 bits per heavy atom. The SMILES string of the molecule is O=C(N[C@@H](c1ccccc1)C(F)(F)F)[C@@H]1CC(=O)N(Cc2ccco2)C1. The molecule has 0 saturated carbocycles. The summed E-state index contributed by atoms with van der Waals surface area (Å²) in [6.07, 6.45) is -3.28. The molecule has 1 saturated heterocycles. The van der Waals surface area contributed by atoms with Crippen LogP contribution < -0.4 is 5.32 Å². The summed E-state index contributed by atoms with van der Waals surface area (Å²) < 4.78 is 45.2. The average Bonchev–Trinajstić information content (AvgIpc) is 3.23. The molecule has 0 radical (unpaired) electrons. The van der Waals surface area contributed by atoms with Crippen LogP contribution in [0.25, 0.3) is 0 Å². The molecule has 0 aliphatic carbocycles. The van der Waals surface area contributed by atoms with Crippen molar-refractivity contribution in [2.75, 3.05) is 6.54 Å². The zero-order chi connectivity index (χ0) is 18.7. The van der Waals surface area contributed by atoms with Gasteiger partial charge < -0.3 is 14.6 Å². The zero-order valence-corrected chi connectivity index (χ0v) is 13.7. The van der Waals surface area contributed by atoms with Crippen LogP contribution in [0, 0.1) is 5.92 Å². The van der Waals surface area contributed by atoms with E-state index in [0.29, 0.717) is 5.76 Å². The van der Waals surface area contributed by atoms with E-state index in [2.05, 4.69) is 0 Å². The molecule has 5 nitrogen and oxygen atoms in total. The predicted octanol–water partition coefficient (Wildman–Crippen LogP) is 3.05. The van der Waals surface area contributed by atoms with E-state index >= 15 is 0 Å². The van der Waals surface area contributed by atoms with Crippen LogP contribution in [0.4, 0.5) is 13.2 Å². The molecule has 2 heterocycles. The summed E-state index contributed by atoms with van der Waals surface area (Å²) >= 11 is 0. The average molecular weight is 366 g/mol. The number of hydrogen-bond donors (Lipinski definition) is 1. The third-order valence-corrected chi connectivity index (χ3v) is 4.26. The number of alkyl halides is 3. The number of carbonyl (C=O) groups excluding carboxylic acids is 2. The molecule has 3 rings (SSSR count). The number of rotatable bonds is 5. The molecule has 2 atom stereocenters. The molecule has 1 N–H and O–H groups in total. The molecule has 0 unspecified atom stereocenters. The highest BCUT2D eigenvalue weighted by Crippen LogP contribution is 2.33. The predicted molar refractivity (Wildman–Crippen MR) is 85.6 cm³/mol. The van der Waals surface area contributed by atoms with Gasteiger partial charge in [0.2, 0.25) is 11.8 Å². The van der Waals surface area contributed by atoms with Crippen molar-refractivity contribution in [3.63, 3.8) is 0 Å². The van der Waals surface area contributed by atoms with Crippen molar-refractivity contribution >= 4 is 11.8 Å².